The van der Waals surface area contributed by atoms with Gasteiger partial charge in [0.15, 0.2) is 5.13 Å². The summed E-state index contributed by atoms with van der Waals surface area (Å²) < 4.78 is 0. The molecule has 7 heteroatoms. The van der Waals surface area contributed by atoms with Crippen molar-refractivity contribution in [1.29, 1.82) is 0 Å². The first kappa shape index (κ1) is 16.2. The number of nitrogens with zero attached hydrogens (tertiary/aromatic N) is 2. The number of non-ortho nitro benzene ring substituents is 1. The molecule has 0 bridgehead atoms. The molecule has 0 unspecified atom stereocenters. The number of hydrogen-bond acceptors (Lipinski definition) is 5. The van der Waals surface area contributed by atoms with Gasteiger partial charge in [0.2, 0.25) is 5.91 Å². The van der Waals surface area contributed by atoms with Gasteiger partial charge in [0.1, 0.15) is 0 Å². The Morgan fingerprint density at radius 3 is 2.73 bits per heavy atom. The molecule has 0 saturated heterocycles. The highest BCUT2D eigenvalue weighted by Gasteiger charge is 2.23. The number of hydrogen-bond donors (Lipinski definition) is 1. The number of thiazole rings is 1. The van der Waals surface area contributed by atoms with Gasteiger partial charge in [-0.1, -0.05) is 24.3 Å². The quantitative estimate of drug-likeness (QED) is 0.333. The van der Waals surface area contributed by atoms with Gasteiger partial charge in [0.05, 0.1) is 10.6 Å². The van der Waals surface area contributed by atoms with Crippen LogP contribution >= 0.6 is 11.3 Å². The topological polar surface area (TPSA) is 85.1 Å². The van der Waals surface area contributed by atoms with Crippen molar-refractivity contribution in [2.75, 3.05) is 5.32 Å². The van der Waals surface area contributed by atoms with E-state index in [0.29, 0.717) is 10.7 Å². The number of anilines is 1. The smallest absolute Gasteiger partial charge is 0.269 e. The van der Waals surface area contributed by atoms with E-state index >= 15 is 0 Å². The Balaban J connectivity index is 1.44. The van der Waals surface area contributed by atoms with Crippen molar-refractivity contribution < 1.29 is 9.72 Å². The van der Waals surface area contributed by atoms with Crippen molar-refractivity contribution in [2.45, 2.75) is 6.42 Å². The fourth-order valence-corrected chi connectivity index (χ4v) is 3.84. The number of rotatable bonds is 4. The van der Waals surface area contributed by atoms with Gasteiger partial charge in [0.25, 0.3) is 5.69 Å². The molecular formula is C19H13N3O3S. The second kappa shape index (κ2) is 6.53. The lowest BCUT2D eigenvalue weighted by Crippen LogP contribution is -2.07. The number of aromatic nitrogens is 1. The number of carbonyl (C=O) groups excluding carboxylic acids is 1. The van der Waals surface area contributed by atoms with Crippen LogP contribution in [-0.4, -0.2) is 15.8 Å². The number of nitro groups is 1. The first-order valence-electron chi connectivity index (χ1n) is 7.91. The summed E-state index contributed by atoms with van der Waals surface area (Å²) in [6.45, 7) is 0. The Morgan fingerprint density at radius 1 is 1.19 bits per heavy atom. The van der Waals surface area contributed by atoms with Gasteiger partial charge in [-0.15, -0.1) is 11.3 Å². The second-order valence-corrected chi connectivity index (χ2v) is 6.88. The number of amides is 1. The predicted molar refractivity (Wildman–Crippen MR) is 101 cm³/mol. The summed E-state index contributed by atoms with van der Waals surface area (Å²) in [4.78, 5) is 28.0. The van der Waals surface area contributed by atoms with Crippen LogP contribution in [0.1, 0.15) is 16.0 Å². The van der Waals surface area contributed by atoms with Gasteiger partial charge < -0.3 is 0 Å². The summed E-state index contributed by atoms with van der Waals surface area (Å²) in [5.74, 6) is -0.288. The molecule has 0 spiro atoms. The average Bonchev–Trinajstić information content (AvgIpc) is 3.17. The maximum Gasteiger partial charge on any atom is 0.269 e. The Bertz CT molecular complexity index is 1040. The minimum Gasteiger partial charge on any atom is -0.298 e. The maximum atomic E-state index is 12.1. The molecule has 26 heavy (non-hydrogen) atoms. The molecule has 1 heterocycles. The maximum absolute atomic E-state index is 12.1. The lowest BCUT2D eigenvalue weighted by molar-refractivity contribution is -0.384. The highest BCUT2D eigenvalue weighted by Crippen LogP contribution is 2.40. The second-order valence-electron chi connectivity index (χ2n) is 5.80. The fraction of sp³-hybridized carbons (Fsp3) is 0.0526. The number of fused-ring (bicyclic) bond motifs is 3. The number of nitro benzene ring substituents is 1. The molecule has 1 N–H and O–H groups in total. The summed E-state index contributed by atoms with van der Waals surface area (Å²) in [5, 5.41) is 14.0. The zero-order chi connectivity index (χ0) is 18.1. The van der Waals surface area contributed by atoms with Crippen LogP contribution in [0.15, 0.2) is 54.6 Å². The molecule has 1 aliphatic carbocycles. The molecule has 6 nitrogen and oxygen atoms in total. The van der Waals surface area contributed by atoms with E-state index in [9.17, 15) is 14.9 Å². The third-order valence-corrected chi connectivity index (χ3v) is 5.05. The lowest BCUT2D eigenvalue weighted by Gasteiger charge is -1.99. The molecule has 0 fully saturated rings. The molecule has 1 amide bonds. The van der Waals surface area contributed by atoms with Crippen LogP contribution in [0.3, 0.4) is 0 Å². The van der Waals surface area contributed by atoms with E-state index in [2.05, 4.69) is 16.4 Å². The molecule has 0 atom stereocenters. The van der Waals surface area contributed by atoms with E-state index in [0.717, 1.165) is 22.6 Å². The normalized spacial score (nSPS) is 12.0. The van der Waals surface area contributed by atoms with E-state index in [4.69, 9.17) is 0 Å². The SMILES string of the molecule is O=C(C=Cc1ccc([N+](=O)[O-])cc1)Nc1nc2c(s1)Cc1ccccc1-2. The van der Waals surface area contributed by atoms with Crippen molar-refractivity contribution in [1.82, 2.24) is 4.98 Å². The zero-order valence-electron chi connectivity index (χ0n) is 13.5. The molecule has 0 aliphatic heterocycles. The third kappa shape index (κ3) is 3.12. The van der Waals surface area contributed by atoms with Crippen LogP contribution in [0.4, 0.5) is 10.8 Å². The van der Waals surface area contributed by atoms with Crippen LogP contribution in [-0.2, 0) is 11.2 Å². The zero-order valence-corrected chi connectivity index (χ0v) is 14.3. The minimum absolute atomic E-state index is 0.0178. The Hall–Kier alpha value is -3.32. The van der Waals surface area contributed by atoms with Crippen LogP contribution in [0.2, 0.25) is 0 Å². The van der Waals surface area contributed by atoms with Crippen molar-refractivity contribution in [3.63, 3.8) is 0 Å². The van der Waals surface area contributed by atoms with Gasteiger partial charge in [-0.2, -0.15) is 0 Å². The number of benzene rings is 2. The van der Waals surface area contributed by atoms with E-state index < -0.39 is 4.92 Å². The van der Waals surface area contributed by atoms with E-state index in [1.807, 2.05) is 18.2 Å². The number of carbonyl (C=O) groups is 1. The van der Waals surface area contributed by atoms with E-state index in [1.54, 1.807) is 18.2 Å². The monoisotopic (exact) mass is 363 g/mol. The van der Waals surface area contributed by atoms with Gasteiger partial charge in [-0.3, -0.25) is 20.2 Å². The fourth-order valence-electron chi connectivity index (χ4n) is 2.84. The van der Waals surface area contributed by atoms with Crippen molar-refractivity contribution in [3.8, 4) is 11.3 Å². The molecular weight excluding hydrogens is 350 g/mol. The number of nitrogens with one attached hydrogen (secondary N) is 1. The minimum atomic E-state index is -0.458. The molecule has 3 aromatic rings. The molecule has 2 aromatic carbocycles. The molecule has 1 aromatic heterocycles. The summed E-state index contributed by atoms with van der Waals surface area (Å²) in [5.41, 5.74) is 4.06. The third-order valence-electron chi connectivity index (χ3n) is 4.08. The molecule has 1 aliphatic rings. The van der Waals surface area contributed by atoms with Crippen molar-refractivity contribution >= 4 is 34.1 Å². The highest BCUT2D eigenvalue weighted by molar-refractivity contribution is 7.16. The first-order chi connectivity index (χ1) is 12.6. The van der Waals surface area contributed by atoms with Crippen LogP contribution in [0, 0.1) is 10.1 Å². The Kier molecular flexibility index (Phi) is 4.06. The average molecular weight is 363 g/mol. The lowest BCUT2D eigenvalue weighted by atomic mass is 10.1. The van der Waals surface area contributed by atoms with Crippen LogP contribution < -0.4 is 5.32 Å². The van der Waals surface area contributed by atoms with Crippen LogP contribution in [0.25, 0.3) is 17.3 Å². The van der Waals surface area contributed by atoms with Gasteiger partial charge in [-0.05, 0) is 29.3 Å². The van der Waals surface area contributed by atoms with Gasteiger partial charge in [-0.25, -0.2) is 4.98 Å². The molecule has 0 radical (unpaired) electrons. The summed E-state index contributed by atoms with van der Waals surface area (Å²) in [6.07, 6.45) is 3.84. The summed E-state index contributed by atoms with van der Waals surface area (Å²) in [6, 6.07) is 14.1. The highest BCUT2D eigenvalue weighted by atomic mass is 32.1. The largest absolute Gasteiger partial charge is 0.298 e. The van der Waals surface area contributed by atoms with E-state index in [-0.39, 0.29) is 11.6 Å². The van der Waals surface area contributed by atoms with Crippen molar-refractivity contribution in [3.05, 3.63) is 80.7 Å². The van der Waals surface area contributed by atoms with Gasteiger partial charge in [0, 0.05) is 35.1 Å². The predicted octanol–water partition coefficient (Wildman–Crippen LogP) is 4.27. The Labute approximate surface area is 153 Å². The van der Waals surface area contributed by atoms with Crippen LogP contribution in [0.5, 0.6) is 0 Å². The van der Waals surface area contributed by atoms with Gasteiger partial charge >= 0.3 is 0 Å². The molecule has 0 saturated carbocycles. The van der Waals surface area contributed by atoms with Crippen molar-refractivity contribution in [2.24, 2.45) is 0 Å². The summed E-state index contributed by atoms with van der Waals surface area (Å²) >= 11 is 1.48. The summed E-state index contributed by atoms with van der Waals surface area (Å²) in [7, 11) is 0. The Morgan fingerprint density at radius 2 is 1.96 bits per heavy atom. The molecule has 4 rings (SSSR count). The molecule has 128 valence electrons. The standard InChI is InChI=1S/C19H13N3O3S/c23-17(10-7-12-5-8-14(9-6-12)22(24)25)20-19-21-18-15-4-2-1-3-13(15)11-16(18)26-19/h1-10H,11H2,(H,20,21,23). The first-order valence-corrected chi connectivity index (χ1v) is 8.73. The van der Waals surface area contributed by atoms with E-state index in [1.165, 1.54) is 35.1 Å².